The summed E-state index contributed by atoms with van der Waals surface area (Å²) >= 11 is 0. The first-order valence-corrected chi connectivity index (χ1v) is 13.5. The van der Waals surface area contributed by atoms with Gasteiger partial charge in [0.25, 0.3) is 10.0 Å². The number of hydrogen-bond donors (Lipinski definition) is 1. The van der Waals surface area contributed by atoms with Gasteiger partial charge < -0.3 is 14.8 Å². The van der Waals surface area contributed by atoms with Crippen molar-refractivity contribution in [3.8, 4) is 11.5 Å². The van der Waals surface area contributed by atoms with Crippen LogP contribution in [0.3, 0.4) is 0 Å². The number of aryl methyl sites for hydroxylation is 1. The van der Waals surface area contributed by atoms with E-state index in [9.17, 15) is 13.2 Å². The van der Waals surface area contributed by atoms with Crippen LogP contribution in [0.15, 0.2) is 108 Å². The average molecular weight is 531 g/mol. The second kappa shape index (κ2) is 11.8. The lowest BCUT2D eigenvalue weighted by molar-refractivity contribution is -0.120. The Bertz CT molecular complexity index is 1490. The van der Waals surface area contributed by atoms with E-state index < -0.39 is 28.5 Å². The van der Waals surface area contributed by atoms with Crippen molar-refractivity contribution in [2.45, 2.75) is 17.9 Å². The fourth-order valence-corrected chi connectivity index (χ4v) is 5.64. The zero-order chi connectivity index (χ0) is 27.1. The van der Waals surface area contributed by atoms with Gasteiger partial charge in [0.05, 0.1) is 30.8 Å². The topological polar surface area (TPSA) is 84.9 Å². The third-order valence-corrected chi connectivity index (χ3v) is 7.86. The van der Waals surface area contributed by atoms with Gasteiger partial charge in [-0.2, -0.15) is 0 Å². The lowest BCUT2D eigenvalue weighted by Gasteiger charge is -2.26. The minimum atomic E-state index is -4.14. The van der Waals surface area contributed by atoms with Crippen molar-refractivity contribution in [2.24, 2.45) is 0 Å². The van der Waals surface area contributed by atoms with Crippen LogP contribution >= 0.6 is 0 Å². The van der Waals surface area contributed by atoms with Crippen molar-refractivity contribution in [1.82, 2.24) is 5.32 Å². The van der Waals surface area contributed by atoms with Crippen molar-refractivity contribution in [3.63, 3.8) is 0 Å². The maximum absolute atomic E-state index is 13.9. The summed E-state index contributed by atoms with van der Waals surface area (Å²) in [7, 11) is -1.23. The van der Waals surface area contributed by atoms with Gasteiger partial charge in [0, 0.05) is 6.07 Å². The summed E-state index contributed by atoms with van der Waals surface area (Å²) < 4.78 is 39.4. The first-order valence-electron chi connectivity index (χ1n) is 12.0. The molecule has 4 rings (SSSR count). The van der Waals surface area contributed by atoms with Crippen molar-refractivity contribution in [2.75, 3.05) is 25.1 Å². The number of para-hydroxylation sites is 1. The molecule has 4 aromatic rings. The van der Waals surface area contributed by atoms with Crippen molar-refractivity contribution < 1.29 is 22.7 Å². The van der Waals surface area contributed by atoms with E-state index in [1.807, 2.05) is 61.5 Å². The molecular weight excluding hydrogens is 500 g/mol. The number of ether oxygens (including phenoxy) is 2. The van der Waals surface area contributed by atoms with Crippen LogP contribution in [-0.2, 0) is 14.8 Å². The zero-order valence-electron chi connectivity index (χ0n) is 21.5. The molecule has 196 valence electrons. The second-order valence-electron chi connectivity index (χ2n) is 8.69. The molecule has 1 atom stereocenters. The molecule has 1 unspecified atom stereocenters. The van der Waals surface area contributed by atoms with Gasteiger partial charge in [-0.05, 0) is 42.3 Å². The second-order valence-corrected chi connectivity index (χ2v) is 10.6. The highest BCUT2D eigenvalue weighted by Crippen LogP contribution is 2.32. The van der Waals surface area contributed by atoms with Crippen LogP contribution in [0.1, 0.15) is 22.7 Å². The number of methoxy groups -OCH3 is 2. The van der Waals surface area contributed by atoms with Gasteiger partial charge in [0.2, 0.25) is 5.91 Å². The van der Waals surface area contributed by atoms with Gasteiger partial charge in [-0.3, -0.25) is 9.10 Å². The number of benzene rings is 4. The first kappa shape index (κ1) is 26.8. The lowest BCUT2D eigenvalue weighted by Crippen LogP contribution is -2.42. The number of carbonyl (C=O) groups excluding carboxylic acids is 1. The van der Waals surface area contributed by atoms with E-state index in [0.717, 1.165) is 21.0 Å². The van der Waals surface area contributed by atoms with E-state index in [-0.39, 0.29) is 10.6 Å². The molecule has 4 aromatic carbocycles. The minimum Gasteiger partial charge on any atom is -0.493 e. The molecule has 0 saturated carbocycles. The van der Waals surface area contributed by atoms with Gasteiger partial charge in [-0.15, -0.1) is 0 Å². The molecule has 0 aromatic heterocycles. The molecule has 7 nitrogen and oxygen atoms in total. The van der Waals surface area contributed by atoms with E-state index in [4.69, 9.17) is 9.47 Å². The number of sulfonamides is 1. The summed E-state index contributed by atoms with van der Waals surface area (Å²) in [6, 6.07) is 29.9. The molecule has 0 saturated heterocycles. The molecule has 0 radical (unpaired) electrons. The molecule has 0 aliphatic carbocycles. The molecule has 0 aliphatic rings. The van der Waals surface area contributed by atoms with E-state index in [1.165, 1.54) is 32.4 Å². The molecule has 0 bridgehead atoms. The summed E-state index contributed by atoms with van der Waals surface area (Å²) in [4.78, 5) is 13.5. The normalized spacial score (nSPS) is 11.9. The quantitative estimate of drug-likeness (QED) is 0.308. The fourth-order valence-electron chi connectivity index (χ4n) is 4.20. The summed E-state index contributed by atoms with van der Waals surface area (Å²) in [5.41, 5.74) is 3.21. The van der Waals surface area contributed by atoms with Crippen molar-refractivity contribution in [1.29, 1.82) is 0 Å². The zero-order valence-corrected chi connectivity index (χ0v) is 22.3. The van der Waals surface area contributed by atoms with E-state index >= 15 is 0 Å². The van der Waals surface area contributed by atoms with E-state index in [2.05, 4.69) is 5.32 Å². The summed E-state index contributed by atoms with van der Waals surface area (Å²) in [6.45, 7) is 1.57. The predicted octanol–water partition coefficient (Wildman–Crippen LogP) is 5.11. The third-order valence-electron chi connectivity index (χ3n) is 6.09. The first-order chi connectivity index (χ1) is 18.3. The Kier molecular flexibility index (Phi) is 8.33. The number of anilines is 1. The third kappa shape index (κ3) is 5.98. The Hall–Kier alpha value is -4.30. The molecule has 0 spiro atoms. The highest BCUT2D eigenvalue weighted by molar-refractivity contribution is 7.92. The molecule has 0 fully saturated rings. The predicted molar refractivity (Wildman–Crippen MR) is 148 cm³/mol. The maximum atomic E-state index is 13.9. The number of rotatable bonds is 10. The van der Waals surface area contributed by atoms with Crippen molar-refractivity contribution >= 4 is 21.6 Å². The Morgan fingerprint density at radius 1 is 0.789 bits per heavy atom. The molecule has 0 heterocycles. The number of hydrogen-bond acceptors (Lipinski definition) is 5. The minimum absolute atomic E-state index is 0.0231. The molecule has 0 aliphatic heterocycles. The molecule has 1 amide bonds. The number of carbonyl (C=O) groups is 1. The van der Waals surface area contributed by atoms with Crippen molar-refractivity contribution in [3.05, 3.63) is 120 Å². The monoisotopic (exact) mass is 530 g/mol. The van der Waals surface area contributed by atoms with Gasteiger partial charge in [0.15, 0.2) is 11.5 Å². The fraction of sp³-hybridized carbons (Fsp3) is 0.167. The van der Waals surface area contributed by atoms with Crippen LogP contribution in [0.2, 0.25) is 0 Å². The van der Waals surface area contributed by atoms with Crippen LogP contribution in [-0.4, -0.2) is 35.1 Å². The summed E-state index contributed by atoms with van der Waals surface area (Å²) in [5.74, 6) is 0.224. The highest BCUT2D eigenvalue weighted by atomic mass is 32.2. The Morgan fingerprint density at radius 2 is 1.42 bits per heavy atom. The van der Waals surface area contributed by atoms with Crippen LogP contribution in [0, 0.1) is 6.92 Å². The number of amides is 1. The Morgan fingerprint density at radius 3 is 2.05 bits per heavy atom. The maximum Gasteiger partial charge on any atom is 0.264 e. The van der Waals surface area contributed by atoms with Gasteiger partial charge in [-0.25, -0.2) is 8.42 Å². The van der Waals surface area contributed by atoms with Crippen LogP contribution < -0.4 is 19.1 Å². The highest BCUT2D eigenvalue weighted by Gasteiger charge is 2.29. The summed E-state index contributed by atoms with van der Waals surface area (Å²) in [5, 5.41) is 3.05. The number of nitrogens with one attached hydrogen (secondary N) is 1. The van der Waals surface area contributed by atoms with Crippen LogP contribution in [0.25, 0.3) is 0 Å². The molecule has 8 heteroatoms. The Labute approximate surface area is 223 Å². The lowest BCUT2D eigenvalue weighted by atomic mass is 9.97. The standard InChI is InChI=1S/C30H30N2O5S/c1-22-11-10-14-24(19-22)30(23-12-6-4-7-13-23)31-29(33)21-32(25-15-8-5-9-16-25)38(34,35)26-17-18-27(36-2)28(20-26)37-3/h4-20,30H,21H2,1-3H3,(H,31,33). The van der Waals surface area contributed by atoms with Gasteiger partial charge in [-0.1, -0.05) is 78.4 Å². The van der Waals surface area contributed by atoms with E-state index in [1.54, 1.807) is 30.3 Å². The molecule has 38 heavy (non-hydrogen) atoms. The SMILES string of the molecule is COc1ccc(S(=O)(=O)N(CC(=O)NC(c2ccccc2)c2cccc(C)c2)c2ccccc2)cc1OC. The summed E-state index contributed by atoms with van der Waals surface area (Å²) in [6.07, 6.45) is 0. The largest absolute Gasteiger partial charge is 0.493 e. The van der Waals surface area contributed by atoms with Crippen LogP contribution in [0.4, 0.5) is 5.69 Å². The molecule has 1 N–H and O–H groups in total. The average Bonchev–Trinajstić information content (AvgIpc) is 2.95. The smallest absolute Gasteiger partial charge is 0.264 e. The van der Waals surface area contributed by atoms with Gasteiger partial charge >= 0.3 is 0 Å². The van der Waals surface area contributed by atoms with Gasteiger partial charge in [0.1, 0.15) is 6.54 Å². The van der Waals surface area contributed by atoms with Crippen LogP contribution in [0.5, 0.6) is 11.5 Å². The molecular formula is C30H30N2O5S. The number of nitrogens with zero attached hydrogens (tertiary/aromatic N) is 1. The van der Waals surface area contributed by atoms with E-state index in [0.29, 0.717) is 11.4 Å². The Balaban J connectivity index is 1.69.